The van der Waals surface area contributed by atoms with E-state index in [-0.39, 0.29) is 35.1 Å². The number of sulfone groups is 1. The Morgan fingerprint density at radius 3 is 2.48 bits per heavy atom. The van der Waals surface area contributed by atoms with Crippen LogP contribution in [0.1, 0.15) is 35.5 Å². The van der Waals surface area contributed by atoms with Crippen LogP contribution in [0.3, 0.4) is 0 Å². The summed E-state index contributed by atoms with van der Waals surface area (Å²) in [6.45, 7) is 7.58. The summed E-state index contributed by atoms with van der Waals surface area (Å²) in [5.41, 5.74) is 3.76. The first-order valence-electron chi connectivity index (χ1n) is 12.9. The summed E-state index contributed by atoms with van der Waals surface area (Å²) in [4.78, 5) is 29.5. The van der Waals surface area contributed by atoms with Gasteiger partial charge in [-0.3, -0.25) is 9.78 Å². The Hall–Kier alpha value is -3.16. The lowest BCUT2D eigenvalue weighted by Crippen LogP contribution is -2.46. The molecule has 5 rings (SSSR count). The van der Waals surface area contributed by atoms with E-state index >= 15 is 0 Å². The van der Waals surface area contributed by atoms with Gasteiger partial charge in [0.1, 0.15) is 5.82 Å². The van der Waals surface area contributed by atoms with Crippen LogP contribution in [0.15, 0.2) is 59.6 Å². The first kappa shape index (κ1) is 28.4. The molecule has 1 fully saturated rings. The number of amides is 1. The van der Waals surface area contributed by atoms with Crippen LogP contribution in [-0.4, -0.2) is 60.8 Å². The minimum Gasteiger partial charge on any atom is -0.372 e. The maximum absolute atomic E-state index is 12.8. The second-order valence-corrected chi connectivity index (χ2v) is 13.3. The molecule has 9 nitrogen and oxygen atoms in total. The van der Waals surface area contributed by atoms with Crippen LogP contribution in [0.25, 0.3) is 22.3 Å². The van der Waals surface area contributed by atoms with Crippen LogP contribution in [0.2, 0.25) is 0 Å². The Balaban J connectivity index is 1.36. The quantitative estimate of drug-likeness (QED) is 0.297. The van der Waals surface area contributed by atoms with Crippen LogP contribution in [0, 0.1) is 10.5 Å². The van der Waals surface area contributed by atoms with E-state index in [4.69, 9.17) is 14.7 Å². The van der Waals surface area contributed by atoms with Crippen LogP contribution < -0.4 is 10.2 Å². The molecule has 208 valence electrons. The van der Waals surface area contributed by atoms with Gasteiger partial charge in [0.15, 0.2) is 9.84 Å². The second kappa shape index (κ2) is 11.4. The van der Waals surface area contributed by atoms with Crippen molar-refractivity contribution in [3.8, 4) is 11.4 Å². The Kier molecular flexibility index (Phi) is 8.07. The van der Waals surface area contributed by atoms with Gasteiger partial charge < -0.3 is 15.0 Å². The molecule has 0 saturated carbocycles. The van der Waals surface area contributed by atoms with Crippen molar-refractivity contribution in [2.45, 2.75) is 44.4 Å². The number of hydrogen-bond donors (Lipinski definition) is 1. The SMILES string of the molecule is Cc1ccc(C(=O)NCc2cc3nc(-c4ccc(I)c(N5C[C@@H](C)O[C@@H](C)C5)n4)ccc3cn2)cc1S(C)(=O)=O. The normalized spacial score (nSPS) is 17.7. The maximum Gasteiger partial charge on any atom is 0.251 e. The number of aromatic nitrogens is 3. The van der Waals surface area contributed by atoms with E-state index in [2.05, 4.69) is 57.7 Å². The number of anilines is 1. The molecule has 1 amide bonds. The summed E-state index contributed by atoms with van der Waals surface area (Å²) in [5.74, 6) is 0.547. The van der Waals surface area contributed by atoms with Crippen molar-refractivity contribution in [1.82, 2.24) is 20.3 Å². The van der Waals surface area contributed by atoms with Crippen LogP contribution in [0.4, 0.5) is 5.82 Å². The number of benzene rings is 1. The number of pyridine rings is 3. The molecule has 0 unspecified atom stereocenters. The number of rotatable bonds is 6. The van der Waals surface area contributed by atoms with Crippen LogP contribution in [0.5, 0.6) is 0 Å². The zero-order valence-corrected chi connectivity index (χ0v) is 25.7. The highest BCUT2D eigenvalue weighted by molar-refractivity contribution is 14.1. The van der Waals surface area contributed by atoms with E-state index < -0.39 is 9.84 Å². The largest absolute Gasteiger partial charge is 0.372 e. The summed E-state index contributed by atoms with van der Waals surface area (Å²) in [6, 6.07) is 14.4. The molecule has 2 atom stereocenters. The van der Waals surface area contributed by atoms with Gasteiger partial charge in [-0.15, -0.1) is 0 Å². The number of morpholine rings is 1. The van der Waals surface area contributed by atoms with Crippen molar-refractivity contribution >= 4 is 55.1 Å². The van der Waals surface area contributed by atoms with Crippen molar-refractivity contribution < 1.29 is 17.9 Å². The van der Waals surface area contributed by atoms with Gasteiger partial charge in [0.05, 0.1) is 49.8 Å². The van der Waals surface area contributed by atoms with E-state index in [0.29, 0.717) is 11.3 Å². The molecule has 0 bridgehead atoms. The number of fused-ring (bicyclic) bond motifs is 1. The molecule has 1 aliphatic heterocycles. The minimum atomic E-state index is -3.44. The standard InChI is InChI=1S/C29H30IN5O4S/c1-17-5-6-20(11-27(17)40(4,37)38)29(36)32-14-22-12-26-21(13-31-22)7-9-24(33-26)25-10-8-23(30)28(34-25)35-15-18(2)39-19(3)16-35/h5-13,18-19H,14-16H2,1-4H3,(H,32,36)/t18-,19+. The third-order valence-corrected chi connectivity index (χ3v) is 8.80. The van der Waals surface area contributed by atoms with Gasteiger partial charge in [-0.2, -0.15) is 0 Å². The van der Waals surface area contributed by atoms with Gasteiger partial charge >= 0.3 is 0 Å². The molecule has 0 spiro atoms. The first-order chi connectivity index (χ1) is 19.0. The average molecular weight is 672 g/mol. The van der Waals surface area contributed by atoms with Gasteiger partial charge in [-0.1, -0.05) is 6.07 Å². The zero-order chi connectivity index (χ0) is 28.6. The second-order valence-electron chi connectivity index (χ2n) is 10.2. The fourth-order valence-corrected chi connectivity index (χ4v) is 6.49. The predicted octanol–water partition coefficient (Wildman–Crippen LogP) is 4.55. The molecule has 0 radical (unpaired) electrons. The number of nitrogens with one attached hydrogen (secondary N) is 1. The van der Waals surface area contributed by atoms with E-state index in [1.54, 1.807) is 25.3 Å². The number of nitrogens with zero attached hydrogens (tertiary/aromatic N) is 4. The fraction of sp³-hybridized carbons (Fsp3) is 0.310. The lowest BCUT2D eigenvalue weighted by molar-refractivity contribution is -0.00550. The smallest absolute Gasteiger partial charge is 0.251 e. The van der Waals surface area contributed by atoms with Crippen molar-refractivity contribution in [3.63, 3.8) is 0 Å². The number of aryl methyl sites for hydroxylation is 1. The summed E-state index contributed by atoms with van der Waals surface area (Å²) in [5, 5.41) is 3.70. The van der Waals surface area contributed by atoms with Gasteiger partial charge in [0.2, 0.25) is 0 Å². The predicted molar refractivity (Wildman–Crippen MR) is 163 cm³/mol. The first-order valence-corrected chi connectivity index (χ1v) is 15.9. The lowest BCUT2D eigenvalue weighted by atomic mass is 10.1. The molecule has 4 aromatic rings. The summed E-state index contributed by atoms with van der Waals surface area (Å²) >= 11 is 2.32. The Morgan fingerprint density at radius 2 is 1.75 bits per heavy atom. The van der Waals surface area contributed by atoms with Crippen molar-refractivity contribution in [1.29, 1.82) is 0 Å². The highest BCUT2D eigenvalue weighted by Gasteiger charge is 2.25. The minimum absolute atomic E-state index is 0.128. The summed E-state index contributed by atoms with van der Waals surface area (Å²) < 4.78 is 31.1. The van der Waals surface area contributed by atoms with Crippen molar-refractivity contribution in [2.24, 2.45) is 0 Å². The zero-order valence-electron chi connectivity index (χ0n) is 22.7. The van der Waals surface area contributed by atoms with Crippen molar-refractivity contribution in [3.05, 3.63) is 75.1 Å². The molecule has 1 saturated heterocycles. The van der Waals surface area contributed by atoms with E-state index in [0.717, 1.165) is 51.0 Å². The van der Waals surface area contributed by atoms with Crippen LogP contribution in [-0.2, 0) is 21.1 Å². The number of carbonyl (C=O) groups excluding carboxylic acids is 1. The average Bonchev–Trinajstić information content (AvgIpc) is 2.90. The number of carbonyl (C=O) groups is 1. The highest BCUT2D eigenvalue weighted by atomic mass is 127. The molecule has 40 heavy (non-hydrogen) atoms. The molecule has 4 heterocycles. The molecular weight excluding hydrogens is 641 g/mol. The van der Waals surface area contributed by atoms with Gasteiger partial charge in [-0.05, 0) is 91.4 Å². The Labute approximate surface area is 247 Å². The molecule has 0 aliphatic carbocycles. The summed E-state index contributed by atoms with van der Waals surface area (Å²) in [6.07, 6.45) is 3.11. The summed E-state index contributed by atoms with van der Waals surface area (Å²) in [7, 11) is -3.44. The van der Waals surface area contributed by atoms with E-state index in [9.17, 15) is 13.2 Å². The topological polar surface area (TPSA) is 114 Å². The number of halogens is 1. The van der Waals surface area contributed by atoms with E-state index in [1.165, 1.54) is 6.07 Å². The van der Waals surface area contributed by atoms with Gasteiger partial charge in [0, 0.05) is 36.5 Å². The third kappa shape index (κ3) is 6.26. The highest BCUT2D eigenvalue weighted by Crippen LogP contribution is 2.28. The lowest BCUT2D eigenvalue weighted by Gasteiger charge is -2.36. The molecule has 1 aromatic carbocycles. The molecule has 1 aliphatic rings. The Bertz CT molecular complexity index is 1700. The van der Waals surface area contributed by atoms with Crippen molar-refractivity contribution in [2.75, 3.05) is 24.2 Å². The maximum atomic E-state index is 12.8. The molecule has 1 N–H and O–H groups in total. The van der Waals surface area contributed by atoms with Gasteiger partial charge in [-0.25, -0.2) is 18.4 Å². The van der Waals surface area contributed by atoms with Crippen LogP contribution >= 0.6 is 22.6 Å². The molecule has 3 aromatic heterocycles. The Morgan fingerprint density at radius 1 is 1.05 bits per heavy atom. The fourth-order valence-electron chi connectivity index (χ4n) is 4.86. The number of ether oxygens (including phenoxy) is 1. The third-order valence-electron chi connectivity index (χ3n) is 6.72. The molecular formula is C29H30IN5O4S. The van der Waals surface area contributed by atoms with Gasteiger partial charge in [0.25, 0.3) is 5.91 Å². The number of hydrogen-bond acceptors (Lipinski definition) is 8. The monoisotopic (exact) mass is 671 g/mol. The van der Waals surface area contributed by atoms with E-state index in [1.807, 2.05) is 24.3 Å². The molecule has 11 heteroatoms.